The van der Waals surface area contributed by atoms with E-state index in [-0.39, 0.29) is 0 Å². The Morgan fingerprint density at radius 2 is 2.09 bits per heavy atom. The second-order valence-corrected chi connectivity index (χ2v) is 3.67. The van der Waals surface area contributed by atoms with Gasteiger partial charge in [0, 0.05) is 12.6 Å². The fourth-order valence-electron chi connectivity index (χ4n) is 2.18. The van der Waals surface area contributed by atoms with Crippen molar-refractivity contribution < 1.29 is 0 Å². The van der Waals surface area contributed by atoms with Gasteiger partial charge >= 0.3 is 0 Å². The summed E-state index contributed by atoms with van der Waals surface area (Å²) < 4.78 is 0. The predicted molar refractivity (Wildman–Crippen MR) is 47.6 cm³/mol. The number of fused-ring (bicyclic) bond motifs is 1. The van der Waals surface area contributed by atoms with Crippen LogP contribution in [-0.2, 0) is 0 Å². The van der Waals surface area contributed by atoms with Crippen LogP contribution in [0.2, 0.25) is 0 Å². The molecule has 11 heavy (non-hydrogen) atoms. The van der Waals surface area contributed by atoms with Gasteiger partial charge in [-0.15, -0.1) is 0 Å². The zero-order chi connectivity index (χ0) is 7.52. The van der Waals surface area contributed by atoms with Gasteiger partial charge in [0.15, 0.2) is 0 Å². The van der Waals surface area contributed by atoms with Gasteiger partial charge in [-0.3, -0.25) is 4.90 Å². The molecule has 0 bridgehead atoms. The topological polar surface area (TPSA) is 3.24 Å². The second-order valence-electron chi connectivity index (χ2n) is 3.67. The van der Waals surface area contributed by atoms with Crippen molar-refractivity contribution in [3.05, 3.63) is 12.2 Å². The highest BCUT2D eigenvalue weighted by Crippen LogP contribution is 2.20. The first kappa shape index (κ1) is 7.35. The first-order valence-corrected chi connectivity index (χ1v) is 4.87. The van der Waals surface area contributed by atoms with Crippen LogP contribution in [0.1, 0.15) is 32.1 Å². The van der Waals surface area contributed by atoms with E-state index in [4.69, 9.17) is 0 Å². The maximum Gasteiger partial charge on any atom is 0.0278 e. The summed E-state index contributed by atoms with van der Waals surface area (Å²) in [5.41, 5.74) is 0. The first-order valence-electron chi connectivity index (χ1n) is 4.87. The largest absolute Gasteiger partial charge is 0.297 e. The van der Waals surface area contributed by atoms with E-state index in [0.29, 0.717) is 0 Å². The molecule has 1 fully saturated rings. The summed E-state index contributed by atoms with van der Waals surface area (Å²) in [6, 6.07) is 0.797. The molecule has 0 aliphatic carbocycles. The van der Waals surface area contributed by atoms with Gasteiger partial charge in [-0.1, -0.05) is 25.0 Å². The molecule has 0 aromatic rings. The molecule has 1 saturated heterocycles. The van der Waals surface area contributed by atoms with Gasteiger partial charge in [-0.25, -0.2) is 0 Å². The molecule has 0 saturated carbocycles. The molecule has 1 atom stereocenters. The van der Waals surface area contributed by atoms with E-state index in [2.05, 4.69) is 17.1 Å². The lowest BCUT2D eigenvalue weighted by Crippen LogP contribution is -2.36. The highest BCUT2D eigenvalue weighted by atomic mass is 15.2. The Hall–Kier alpha value is -0.300. The third kappa shape index (κ3) is 1.64. The zero-order valence-corrected chi connectivity index (χ0v) is 7.13. The standard InChI is InChI=1S/C10H17N/c1-2-6-10-7-3-5-9-11(10)8-4-1/h3,7,10H,1-2,4-6,8-9H2. The van der Waals surface area contributed by atoms with Gasteiger partial charge in [0.05, 0.1) is 0 Å². The van der Waals surface area contributed by atoms with Gasteiger partial charge < -0.3 is 0 Å². The smallest absolute Gasteiger partial charge is 0.0278 e. The van der Waals surface area contributed by atoms with Crippen LogP contribution in [0.4, 0.5) is 0 Å². The van der Waals surface area contributed by atoms with Gasteiger partial charge in [0.1, 0.15) is 0 Å². The van der Waals surface area contributed by atoms with E-state index < -0.39 is 0 Å². The Kier molecular flexibility index (Phi) is 2.27. The first-order chi connectivity index (χ1) is 5.47. The quantitative estimate of drug-likeness (QED) is 0.480. The summed E-state index contributed by atoms with van der Waals surface area (Å²) in [6.07, 6.45) is 11.7. The molecule has 2 rings (SSSR count). The number of hydrogen-bond acceptors (Lipinski definition) is 1. The molecular weight excluding hydrogens is 134 g/mol. The van der Waals surface area contributed by atoms with Crippen molar-refractivity contribution in [2.45, 2.75) is 38.1 Å². The molecule has 2 aliphatic rings. The van der Waals surface area contributed by atoms with E-state index in [1.54, 1.807) is 0 Å². The molecule has 0 aromatic carbocycles. The van der Waals surface area contributed by atoms with Gasteiger partial charge in [-0.2, -0.15) is 0 Å². The summed E-state index contributed by atoms with van der Waals surface area (Å²) >= 11 is 0. The van der Waals surface area contributed by atoms with E-state index in [0.717, 1.165) is 6.04 Å². The average molecular weight is 151 g/mol. The molecule has 2 aliphatic heterocycles. The minimum atomic E-state index is 0.797. The maximum atomic E-state index is 2.65. The summed E-state index contributed by atoms with van der Waals surface area (Å²) in [4.78, 5) is 2.65. The SMILES string of the molecule is C1=CC2CCCCCN2CC1. The van der Waals surface area contributed by atoms with Crippen molar-refractivity contribution in [3.8, 4) is 0 Å². The van der Waals surface area contributed by atoms with Crippen LogP contribution < -0.4 is 0 Å². The summed E-state index contributed by atoms with van der Waals surface area (Å²) in [5.74, 6) is 0. The Morgan fingerprint density at radius 3 is 3.09 bits per heavy atom. The Morgan fingerprint density at radius 1 is 1.09 bits per heavy atom. The van der Waals surface area contributed by atoms with Crippen LogP contribution >= 0.6 is 0 Å². The molecular formula is C10H17N. The fraction of sp³-hybridized carbons (Fsp3) is 0.800. The lowest BCUT2D eigenvalue weighted by molar-refractivity contribution is 0.229. The monoisotopic (exact) mass is 151 g/mol. The van der Waals surface area contributed by atoms with Crippen molar-refractivity contribution in [1.29, 1.82) is 0 Å². The third-order valence-electron chi connectivity index (χ3n) is 2.86. The number of nitrogens with zero attached hydrogens (tertiary/aromatic N) is 1. The minimum Gasteiger partial charge on any atom is -0.297 e. The van der Waals surface area contributed by atoms with E-state index in [9.17, 15) is 0 Å². The van der Waals surface area contributed by atoms with Crippen LogP contribution in [0.5, 0.6) is 0 Å². The highest BCUT2D eigenvalue weighted by molar-refractivity contribution is 5.00. The van der Waals surface area contributed by atoms with Gasteiger partial charge in [-0.05, 0) is 25.8 Å². The van der Waals surface area contributed by atoms with Crippen LogP contribution in [0.25, 0.3) is 0 Å². The van der Waals surface area contributed by atoms with Crippen LogP contribution in [0, 0.1) is 0 Å². The fourth-order valence-corrected chi connectivity index (χ4v) is 2.18. The van der Waals surface area contributed by atoms with Crippen molar-refractivity contribution >= 4 is 0 Å². The lowest BCUT2D eigenvalue weighted by atomic mass is 10.1. The van der Waals surface area contributed by atoms with Gasteiger partial charge in [0.25, 0.3) is 0 Å². The second kappa shape index (κ2) is 3.40. The van der Waals surface area contributed by atoms with Crippen molar-refractivity contribution in [1.82, 2.24) is 4.90 Å². The molecule has 62 valence electrons. The molecule has 0 N–H and O–H groups in total. The lowest BCUT2D eigenvalue weighted by Gasteiger charge is -2.30. The molecule has 0 aromatic heterocycles. The predicted octanol–water partition coefficient (Wildman–Crippen LogP) is 2.19. The zero-order valence-electron chi connectivity index (χ0n) is 7.13. The van der Waals surface area contributed by atoms with E-state index in [1.807, 2.05) is 0 Å². The van der Waals surface area contributed by atoms with Crippen LogP contribution in [0.15, 0.2) is 12.2 Å². The highest BCUT2D eigenvalue weighted by Gasteiger charge is 2.19. The Bertz CT molecular complexity index is 151. The molecule has 0 spiro atoms. The molecule has 1 unspecified atom stereocenters. The molecule has 2 heterocycles. The van der Waals surface area contributed by atoms with Crippen molar-refractivity contribution in [2.75, 3.05) is 13.1 Å². The number of hydrogen-bond donors (Lipinski definition) is 0. The molecule has 0 amide bonds. The van der Waals surface area contributed by atoms with E-state index in [1.165, 1.54) is 45.2 Å². The summed E-state index contributed by atoms with van der Waals surface area (Å²) in [7, 11) is 0. The Balaban J connectivity index is 2.02. The molecule has 0 radical (unpaired) electrons. The van der Waals surface area contributed by atoms with E-state index >= 15 is 0 Å². The summed E-state index contributed by atoms with van der Waals surface area (Å²) in [6.45, 7) is 2.65. The average Bonchev–Trinajstić information content (AvgIpc) is 2.28. The Labute approximate surface area is 69.1 Å². The third-order valence-corrected chi connectivity index (χ3v) is 2.86. The van der Waals surface area contributed by atoms with Crippen LogP contribution in [-0.4, -0.2) is 24.0 Å². The van der Waals surface area contributed by atoms with Gasteiger partial charge in [0.2, 0.25) is 0 Å². The minimum absolute atomic E-state index is 0.797. The van der Waals surface area contributed by atoms with Crippen molar-refractivity contribution in [3.63, 3.8) is 0 Å². The molecule has 1 heteroatoms. The maximum absolute atomic E-state index is 2.65. The number of rotatable bonds is 0. The summed E-state index contributed by atoms with van der Waals surface area (Å²) in [5, 5.41) is 0. The van der Waals surface area contributed by atoms with Crippen molar-refractivity contribution in [2.24, 2.45) is 0 Å². The normalized spacial score (nSPS) is 32.9. The van der Waals surface area contributed by atoms with Crippen LogP contribution in [0.3, 0.4) is 0 Å². The molecule has 1 nitrogen and oxygen atoms in total.